The smallest absolute Gasteiger partial charge is 0.256 e. The van der Waals surface area contributed by atoms with Crippen molar-refractivity contribution in [1.82, 2.24) is 20.2 Å². The van der Waals surface area contributed by atoms with E-state index >= 15 is 0 Å². The fraction of sp³-hybridized carbons (Fsp3) is 0.278. The van der Waals surface area contributed by atoms with Crippen LogP contribution < -0.4 is 14.4 Å². The zero-order valence-corrected chi connectivity index (χ0v) is 14.4. The van der Waals surface area contributed by atoms with Crippen LogP contribution in [0.1, 0.15) is 16.8 Å². The number of anilines is 1. The number of aromatic amines is 1. The summed E-state index contributed by atoms with van der Waals surface area (Å²) in [5, 5.41) is 6.89. The van der Waals surface area contributed by atoms with Gasteiger partial charge in [0.05, 0.1) is 44.0 Å². The molecule has 0 aliphatic carbocycles. The van der Waals surface area contributed by atoms with Gasteiger partial charge in [-0.3, -0.25) is 10.1 Å². The molecular weight excluding hydrogens is 318 g/mol. The van der Waals surface area contributed by atoms with Gasteiger partial charge >= 0.3 is 0 Å². The molecule has 1 N–H and O–H groups in total. The van der Waals surface area contributed by atoms with E-state index in [4.69, 9.17) is 14.5 Å². The van der Waals surface area contributed by atoms with Crippen LogP contribution in [0.25, 0.3) is 11.3 Å². The highest BCUT2D eigenvalue weighted by molar-refractivity contribution is 5.66. The number of nitrogens with zero attached hydrogens (tertiary/aromatic N) is 4. The molecule has 3 aromatic rings. The summed E-state index contributed by atoms with van der Waals surface area (Å²) in [4.78, 5) is 11.5. The Kier molecular flexibility index (Phi) is 3.76. The maximum atomic E-state index is 5.36. The van der Waals surface area contributed by atoms with Crippen LogP contribution in [0.15, 0.2) is 30.7 Å². The molecule has 3 aromatic heterocycles. The Morgan fingerprint density at radius 1 is 1.12 bits per heavy atom. The van der Waals surface area contributed by atoms with Crippen LogP contribution in [0, 0.1) is 6.92 Å². The lowest BCUT2D eigenvalue weighted by atomic mass is 10.1. The van der Waals surface area contributed by atoms with Gasteiger partial charge in [0.2, 0.25) is 0 Å². The number of nitrogens with one attached hydrogen (secondary N) is 1. The quantitative estimate of drug-likeness (QED) is 0.789. The molecule has 0 atom stereocenters. The Labute approximate surface area is 145 Å². The number of ether oxygens (including phenoxy) is 2. The second-order valence-corrected chi connectivity index (χ2v) is 6.01. The molecule has 128 valence electrons. The summed E-state index contributed by atoms with van der Waals surface area (Å²) >= 11 is 0. The van der Waals surface area contributed by atoms with Crippen molar-refractivity contribution in [3.8, 4) is 22.9 Å². The van der Waals surface area contributed by atoms with Gasteiger partial charge in [-0.2, -0.15) is 5.10 Å². The number of hydrogen-bond acceptors (Lipinski definition) is 6. The molecule has 0 amide bonds. The SMILES string of the molecule is COc1cc(-c2nc3c(cc2C)CN(c2cn[nH]c2)C3)cnc1OC. The molecule has 4 heterocycles. The Bertz CT molecular complexity index is 908. The van der Waals surface area contributed by atoms with E-state index in [9.17, 15) is 0 Å². The number of aryl methyl sites for hydroxylation is 1. The van der Waals surface area contributed by atoms with E-state index in [1.807, 2.05) is 18.5 Å². The third kappa shape index (κ3) is 2.67. The summed E-state index contributed by atoms with van der Waals surface area (Å²) < 4.78 is 10.6. The van der Waals surface area contributed by atoms with Gasteiger partial charge in [-0.05, 0) is 24.1 Å². The van der Waals surface area contributed by atoms with Crippen molar-refractivity contribution < 1.29 is 9.47 Å². The Morgan fingerprint density at radius 3 is 2.72 bits per heavy atom. The van der Waals surface area contributed by atoms with Crippen molar-refractivity contribution >= 4 is 5.69 Å². The molecule has 0 radical (unpaired) electrons. The highest BCUT2D eigenvalue weighted by Crippen LogP contribution is 2.33. The maximum Gasteiger partial charge on any atom is 0.256 e. The first-order valence-electron chi connectivity index (χ1n) is 8.01. The van der Waals surface area contributed by atoms with E-state index in [1.165, 1.54) is 5.56 Å². The van der Waals surface area contributed by atoms with Gasteiger partial charge in [0, 0.05) is 24.5 Å². The first kappa shape index (κ1) is 15.4. The largest absolute Gasteiger partial charge is 0.491 e. The van der Waals surface area contributed by atoms with E-state index in [-0.39, 0.29) is 0 Å². The first-order valence-corrected chi connectivity index (χ1v) is 8.01. The van der Waals surface area contributed by atoms with Crippen LogP contribution in [0.3, 0.4) is 0 Å². The van der Waals surface area contributed by atoms with Crippen LogP contribution in [0.5, 0.6) is 11.6 Å². The molecule has 7 nitrogen and oxygen atoms in total. The van der Waals surface area contributed by atoms with Gasteiger partial charge in [0.25, 0.3) is 5.88 Å². The van der Waals surface area contributed by atoms with Crippen molar-refractivity contribution in [2.45, 2.75) is 20.0 Å². The second-order valence-electron chi connectivity index (χ2n) is 6.01. The first-order chi connectivity index (χ1) is 12.2. The van der Waals surface area contributed by atoms with E-state index in [2.05, 4.69) is 33.1 Å². The summed E-state index contributed by atoms with van der Waals surface area (Å²) in [6.45, 7) is 3.68. The van der Waals surface area contributed by atoms with E-state index in [0.717, 1.165) is 41.3 Å². The number of fused-ring (bicyclic) bond motifs is 1. The zero-order valence-electron chi connectivity index (χ0n) is 14.4. The molecule has 0 bridgehead atoms. The highest BCUT2D eigenvalue weighted by Gasteiger charge is 2.23. The molecule has 1 aliphatic heterocycles. The second kappa shape index (κ2) is 6.08. The van der Waals surface area contributed by atoms with E-state index in [1.54, 1.807) is 20.4 Å². The fourth-order valence-corrected chi connectivity index (χ4v) is 3.18. The van der Waals surface area contributed by atoms with Gasteiger partial charge in [-0.1, -0.05) is 6.07 Å². The van der Waals surface area contributed by atoms with Crippen molar-refractivity contribution in [1.29, 1.82) is 0 Å². The average Bonchev–Trinajstić information content (AvgIpc) is 3.29. The topological polar surface area (TPSA) is 76.2 Å². The summed E-state index contributed by atoms with van der Waals surface area (Å²) in [5.41, 5.74) is 6.35. The highest BCUT2D eigenvalue weighted by atomic mass is 16.5. The minimum atomic E-state index is 0.469. The Balaban J connectivity index is 1.71. The van der Waals surface area contributed by atoms with Crippen molar-refractivity contribution in [3.63, 3.8) is 0 Å². The number of rotatable bonds is 4. The van der Waals surface area contributed by atoms with Crippen molar-refractivity contribution in [2.24, 2.45) is 0 Å². The number of pyridine rings is 2. The van der Waals surface area contributed by atoms with Crippen LogP contribution >= 0.6 is 0 Å². The average molecular weight is 337 g/mol. The molecule has 7 heteroatoms. The fourth-order valence-electron chi connectivity index (χ4n) is 3.18. The molecule has 0 fully saturated rings. The lowest BCUT2D eigenvalue weighted by Crippen LogP contribution is -2.13. The Morgan fingerprint density at radius 2 is 2.00 bits per heavy atom. The standard InChI is InChI=1S/C18H19N5O2/c1-11-4-13-9-23(14-7-20-21-8-14)10-15(13)22-17(11)12-5-16(24-2)18(25-3)19-6-12/h4-8H,9-10H2,1-3H3,(H,20,21). The number of methoxy groups -OCH3 is 2. The molecule has 0 aromatic carbocycles. The van der Waals surface area contributed by atoms with Gasteiger partial charge in [0.15, 0.2) is 5.75 Å². The Hall–Kier alpha value is -3.09. The molecule has 0 saturated heterocycles. The maximum absolute atomic E-state index is 5.36. The molecule has 0 saturated carbocycles. The van der Waals surface area contributed by atoms with Crippen LogP contribution in [0.2, 0.25) is 0 Å². The lowest BCUT2D eigenvalue weighted by Gasteiger charge is -2.13. The summed E-state index contributed by atoms with van der Waals surface area (Å²) in [6, 6.07) is 4.12. The zero-order chi connectivity index (χ0) is 17.4. The van der Waals surface area contributed by atoms with Crippen LogP contribution in [0.4, 0.5) is 5.69 Å². The number of hydrogen-bond donors (Lipinski definition) is 1. The van der Waals surface area contributed by atoms with Crippen LogP contribution in [-0.4, -0.2) is 34.4 Å². The molecule has 1 aliphatic rings. The van der Waals surface area contributed by atoms with Gasteiger partial charge in [0.1, 0.15) is 0 Å². The minimum Gasteiger partial charge on any atom is -0.491 e. The predicted molar refractivity (Wildman–Crippen MR) is 93.8 cm³/mol. The normalized spacial score (nSPS) is 13.0. The van der Waals surface area contributed by atoms with E-state index < -0.39 is 0 Å². The molecule has 0 unspecified atom stereocenters. The molecule has 4 rings (SSSR count). The molecular formula is C18H19N5O2. The summed E-state index contributed by atoms with van der Waals surface area (Å²) in [6.07, 6.45) is 5.50. The lowest BCUT2D eigenvalue weighted by molar-refractivity contribution is 0.343. The predicted octanol–water partition coefficient (Wildman–Crippen LogP) is 2.71. The summed E-state index contributed by atoms with van der Waals surface area (Å²) in [7, 11) is 3.18. The monoisotopic (exact) mass is 337 g/mol. The van der Waals surface area contributed by atoms with Gasteiger partial charge in [-0.15, -0.1) is 0 Å². The number of aromatic nitrogens is 4. The third-order valence-electron chi connectivity index (χ3n) is 4.44. The van der Waals surface area contributed by atoms with Gasteiger partial charge in [-0.25, -0.2) is 4.98 Å². The third-order valence-corrected chi connectivity index (χ3v) is 4.44. The number of H-pyrrole nitrogens is 1. The minimum absolute atomic E-state index is 0.469. The van der Waals surface area contributed by atoms with Gasteiger partial charge < -0.3 is 14.4 Å². The molecule has 25 heavy (non-hydrogen) atoms. The van der Waals surface area contributed by atoms with E-state index in [0.29, 0.717) is 11.6 Å². The van der Waals surface area contributed by atoms with Crippen molar-refractivity contribution in [2.75, 3.05) is 19.1 Å². The molecule has 0 spiro atoms. The summed E-state index contributed by atoms with van der Waals surface area (Å²) in [5.74, 6) is 1.07. The van der Waals surface area contributed by atoms with Crippen LogP contribution in [-0.2, 0) is 13.1 Å². The van der Waals surface area contributed by atoms with Crippen molar-refractivity contribution in [3.05, 3.63) is 47.5 Å².